The molecule has 0 unspecified atom stereocenters. The molecule has 1 aromatic carbocycles. The van der Waals surface area contributed by atoms with Crippen LogP contribution in [-0.4, -0.2) is 14.8 Å². The third-order valence-electron chi connectivity index (χ3n) is 3.18. The molecular weight excluding hydrogens is 256 g/mol. The van der Waals surface area contributed by atoms with E-state index >= 15 is 0 Å². The number of hydrogen-bond donors (Lipinski definition) is 1. The number of nitrogens with one attached hydrogen (secondary N) is 1. The van der Waals surface area contributed by atoms with Crippen molar-refractivity contribution in [2.24, 2.45) is 7.05 Å². The summed E-state index contributed by atoms with van der Waals surface area (Å²) in [5, 5.41) is 14.9. The molecule has 3 aromatic rings. The van der Waals surface area contributed by atoms with Crippen molar-refractivity contribution in [1.29, 1.82) is 0 Å². The Labute approximate surface area is 116 Å². The molecule has 2 aromatic heterocycles. The van der Waals surface area contributed by atoms with Gasteiger partial charge in [0.1, 0.15) is 5.01 Å². The summed E-state index contributed by atoms with van der Waals surface area (Å²) in [6.45, 7) is 2.87. The van der Waals surface area contributed by atoms with E-state index in [4.69, 9.17) is 0 Å². The first-order chi connectivity index (χ1) is 9.28. The van der Waals surface area contributed by atoms with Crippen LogP contribution in [0.1, 0.15) is 17.5 Å². The van der Waals surface area contributed by atoms with E-state index < -0.39 is 0 Å². The van der Waals surface area contributed by atoms with Crippen LogP contribution in [0.15, 0.2) is 30.5 Å². The van der Waals surface area contributed by atoms with Gasteiger partial charge in [0.25, 0.3) is 0 Å². The van der Waals surface area contributed by atoms with Gasteiger partial charge in [-0.1, -0.05) is 36.5 Å². The van der Waals surface area contributed by atoms with Gasteiger partial charge < -0.3 is 9.88 Å². The van der Waals surface area contributed by atoms with Crippen molar-refractivity contribution in [3.8, 4) is 0 Å². The maximum absolute atomic E-state index is 4.14. The molecule has 0 saturated heterocycles. The molecule has 3 rings (SSSR count). The second-order valence-corrected chi connectivity index (χ2v) is 5.55. The predicted molar refractivity (Wildman–Crippen MR) is 79.5 cm³/mol. The van der Waals surface area contributed by atoms with Crippen LogP contribution in [-0.2, 0) is 20.0 Å². The first-order valence-corrected chi connectivity index (χ1v) is 7.18. The van der Waals surface area contributed by atoms with Gasteiger partial charge in [0.05, 0.1) is 0 Å². The van der Waals surface area contributed by atoms with E-state index in [2.05, 4.69) is 64.5 Å². The summed E-state index contributed by atoms with van der Waals surface area (Å²) in [5.41, 5.74) is 2.54. The van der Waals surface area contributed by atoms with Gasteiger partial charge in [0.2, 0.25) is 5.13 Å². The average molecular weight is 272 g/mol. The fraction of sp³-hybridized carbons (Fsp3) is 0.286. The van der Waals surface area contributed by atoms with E-state index in [0.717, 1.165) is 23.1 Å². The van der Waals surface area contributed by atoms with Gasteiger partial charge in [-0.3, -0.25) is 0 Å². The van der Waals surface area contributed by atoms with Gasteiger partial charge in [0.15, 0.2) is 0 Å². The SMILES string of the molecule is CCc1nnc(NCc2cn(C)c3ccccc23)s1. The van der Waals surface area contributed by atoms with E-state index in [9.17, 15) is 0 Å². The van der Waals surface area contributed by atoms with Crippen molar-refractivity contribution in [3.63, 3.8) is 0 Å². The van der Waals surface area contributed by atoms with Gasteiger partial charge in [-0.25, -0.2) is 0 Å². The van der Waals surface area contributed by atoms with E-state index in [1.54, 1.807) is 11.3 Å². The molecule has 4 nitrogen and oxygen atoms in total. The molecule has 2 heterocycles. The summed E-state index contributed by atoms with van der Waals surface area (Å²) < 4.78 is 2.16. The van der Waals surface area contributed by atoms with Crippen LogP contribution in [0.3, 0.4) is 0 Å². The molecule has 0 radical (unpaired) electrons. The fourth-order valence-corrected chi connectivity index (χ4v) is 2.88. The van der Waals surface area contributed by atoms with E-state index in [1.807, 2.05) is 0 Å². The zero-order valence-corrected chi connectivity index (χ0v) is 11.9. The molecule has 0 spiro atoms. The van der Waals surface area contributed by atoms with Crippen molar-refractivity contribution in [2.45, 2.75) is 19.9 Å². The lowest BCUT2D eigenvalue weighted by Crippen LogP contribution is -1.98. The minimum atomic E-state index is 0.777. The van der Waals surface area contributed by atoms with Gasteiger partial charge >= 0.3 is 0 Å². The topological polar surface area (TPSA) is 42.7 Å². The molecule has 1 N–H and O–H groups in total. The van der Waals surface area contributed by atoms with Crippen molar-refractivity contribution in [3.05, 3.63) is 41.0 Å². The summed E-state index contributed by atoms with van der Waals surface area (Å²) in [6.07, 6.45) is 3.10. The summed E-state index contributed by atoms with van der Waals surface area (Å²) in [7, 11) is 2.08. The Hall–Kier alpha value is -1.88. The lowest BCUT2D eigenvalue weighted by molar-refractivity contribution is 0.951. The highest BCUT2D eigenvalue weighted by molar-refractivity contribution is 7.15. The molecule has 0 saturated carbocycles. The Morgan fingerprint density at radius 3 is 2.89 bits per heavy atom. The van der Waals surface area contributed by atoms with Crippen LogP contribution in [0.25, 0.3) is 10.9 Å². The molecule has 19 heavy (non-hydrogen) atoms. The number of anilines is 1. The number of benzene rings is 1. The molecule has 98 valence electrons. The molecule has 0 fully saturated rings. The number of para-hydroxylation sites is 1. The van der Waals surface area contributed by atoms with Gasteiger partial charge in [-0.05, 0) is 18.1 Å². The summed E-state index contributed by atoms with van der Waals surface area (Å²) in [6, 6.07) is 8.44. The Kier molecular flexibility index (Phi) is 3.21. The highest BCUT2D eigenvalue weighted by Gasteiger charge is 2.07. The van der Waals surface area contributed by atoms with Gasteiger partial charge in [-0.2, -0.15) is 0 Å². The highest BCUT2D eigenvalue weighted by atomic mass is 32.1. The molecule has 0 aliphatic rings. The predicted octanol–water partition coefficient (Wildman–Crippen LogP) is 3.20. The number of aryl methyl sites for hydroxylation is 2. The standard InChI is InChI=1S/C14H16N4S/c1-3-13-16-17-14(19-13)15-8-10-9-18(2)12-7-5-4-6-11(10)12/h4-7,9H,3,8H2,1-2H3,(H,15,17). The van der Waals surface area contributed by atoms with Crippen molar-refractivity contribution in [2.75, 3.05) is 5.32 Å². The second kappa shape index (κ2) is 5.01. The third-order valence-corrected chi connectivity index (χ3v) is 4.20. The van der Waals surface area contributed by atoms with Crippen LogP contribution >= 0.6 is 11.3 Å². The maximum Gasteiger partial charge on any atom is 0.205 e. The van der Waals surface area contributed by atoms with Crippen molar-refractivity contribution >= 4 is 27.4 Å². The van der Waals surface area contributed by atoms with E-state index in [1.165, 1.54) is 16.5 Å². The fourth-order valence-electron chi connectivity index (χ4n) is 2.21. The number of rotatable bonds is 4. The molecule has 0 aliphatic carbocycles. The monoisotopic (exact) mass is 272 g/mol. The highest BCUT2D eigenvalue weighted by Crippen LogP contribution is 2.22. The van der Waals surface area contributed by atoms with Crippen LogP contribution in [0.4, 0.5) is 5.13 Å². The smallest absolute Gasteiger partial charge is 0.205 e. The van der Waals surface area contributed by atoms with Crippen molar-refractivity contribution < 1.29 is 0 Å². The summed E-state index contributed by atoms with van der Waals surface area (Å²) in [5.74, 6) is 0. The normalized spacial score (nSPS) is 11.1. The van der Waals surface area contributed by atoms with Crippen LogP contribution in [0.5, 0.6) is 0 Å². The number of nitrogens with zero attached hydrogens (tertiary/aromatic N) is 3. The summed E-state index contributed by atoms with van der Waals surface area (Å²) >= 11 is 1.62. The third kappa shape index (κ3) is 2.33. The quantitative estimate of drug-likeness (QED) is 0.793. The van der Waals surface area contributed by atoms with Crippen LogP contribution < -0.4 is 5.32 Å². The van der Waals surface area contributed by atoms with Crippen LogP contribution in [0.2, 0.25) is 0 Å². The Morgan fingerprint density at radius 2 is 2.11 bits per heavy atom. The average Bonchev–Trinajstić information content (AvgIpc) is 3.02. The molecule has 0 bridgehead atoms. The Morgan fingerprint density at radius 1 is 1.26 bits per heavy atom. The van der Waals surface area contributed by atoms with E-state index in [0.29, 0.717) is 0 Å². The molecule has 0 aliphatic heterocycles. The molecule has 0 atom stereocenters. The lowest BCUT2D eigenvalue weighted by atomic mass is 10.2. The molecule has 0 amide bonds. The van der Waals surface area contributed by atoms with Gasteiger partial charge in [-0.15, -0.1) is 10.2 Å². The Bertz CT molecular complexity index is 698. The van der Waals surface area contributed by atoms with Gasteiger partial charge in [0, 0.05) is 30.7 Å². The largest absolute Gasteiger partial charge is 0.356 e. The zero-order chi connectivity index (χ0) is 13.2. The van der Waals surface area contributed by atoms with E-state index in [-0.39, 0.29) is 0 Å². The Balaban J connectivity index is 1.82. The first-order valence-electron chi connectivity index (χ1n) is 6.37. The van der Waals surface area contributed by atoms with Crippen molar-refractivity contribution in [1.82, 2.24) is 14.8 Å². The van der Waals surface area contributed by atoms with Crippen LogP contribution in [0, 0.1) is 0 Å². The minimum absolute atomic E-state index is 0.777. The zero-order valence-electron chi connectivity index (χ0n) is 11.1. The summed E-state index contributed by atoms with van der Waals surface area (Å²) in [4.78, 5) is 0. The number of fused-ring (bicyclic) bond motifs is 1. The molecular formula is C14H16N4S. The number of aromatic nitrogens is 3. The number of hydrogen-bond acceptors (Lipinski definition) is 4. The first kappa shape index (κ1) is 12.2. The molecule has 5 heteroatoms. The lowest BCUT2D eigenvalue weighted by Gasteiger charge is -2.00. The minimum Gasteiger partial charge on any atom is -0.356 e. The maximum atomic E-state index is 4.14. The second-order valence-electron chi connectivity index (χ2n) is 4.49.